The van der Waals surface area contributed by atoms with Crippen molar-refractivity contribution in [3.8, 4) is 22.8 Å². The number of ether oxygens (including phenoxy) is 2. The van der Waals surface area contributed by atoms with Crippen LogP contribution in [0, 0.1) is 10.1 Å². The van der Waals surface area contributed by atoms with Crippen LogP contribution in [-0.4, -0.2) is 40.2 Å². The van der Waals surface area contributed by atoms with Gasteiger partial charge in [0.2, 0.25) is 12.7 Å². The lowest BCUT2D eigenvalue weighted by atomic mass is 10.1. The van der Waals surface area contributed by atoms with E-state index in [2.05, 4.69) is 5.32 Å². The Morgan fingerprint density at radius 3 is 2.63 bits per heavy atom. The number of hydrogen-bond donors (Lipinski definition) is 1. The molecule has 2 aliphatic rings. The van der Waals surface area contributed by atoms with Gasteiger partial charge in [-0.15, -0.1) is 0 Å². The zero-order valence-electron chi connectivity index (χ0n) is 17.8. The molecule has 0 saturated carbocycles. The fraction of sp³-hybridized carbons (Fsp3) is 0.0870. The van der Waals surface area contributed by atoms with Gasteiger partial charge in [0.25, 0.3) is 16.8 Å². The van der Waals surface area contributed by atoms with Gasteiger partial charge in [-0.05, 0) is 48.2 Å². The van der Waals surface area contributed by atoms with E-state index in [-0.39, 0.29) is 17.4 Å². The van der Waals surface area contributed by atoms with Gasteiger partial charge in [0, 0.05) is 35.5 Å². The molecule has 1 N–H and O–H groups in total. The molecular formula is C23H15N3O8S. The van der Waals surface area contributed by atoms with Crippen molar-refractivity contribution >= 4 is 46.3 Å². The van der Waals surface area contributed by atoms with Crippen molar-refractivity contribution in [3.63, 3.8) is 0 Å². The van der Waals surface area contributed by atoms with Crippen molar-refractivity contribution < 1.29 is 33.2 Å². The Labute approximate surface area is 201 Å². The minimum atomic E-state index is -0.617. The van der Waals surface area contributed by atoms with Crippen LogP contribution in [0.25, 0.3) is 17.4 Å². The summed E-state index contributed by atoms with van der Waals surface area (Å²) in [6, 6.07) is 13.9. The molecule has 5 rings (SSSR count). The number of hydrogen-bond acceptors (Lipinski definition) is 9. The minimum absolute atomic E-state index is 0.0447. The zero-order chi connectivity index (χ0) is 24.5. The predicted octanol–water partition coefficient (Wildman–Crippen LogP) is 4.26. The quantitative estimate of drug-likeness (QED) is 0.303. The summed E-state index contributed by atoms with van der Waals surface area (Å²) < 4.78 is 16.2. The first-order valence-electron chi connectivity index (χ1n) is 10.2. The Morgan fingerprint density at radius 2 is 1.86 bits per heavy atom. The molecule has 2 aromatic carbocycles. The largest absolute Gasteiger partial charge is 0.457 e. The van der Waals surface area contributed by atoms with Crippen LogP contribution < -0.4 is 14.8 Å². The third-order valence-corrected chi connectivity index (χ3v) is 6.00. The van der Waals surface area contributed by atoms with Gasteiger partial charge in [-0.2, -0.15) is 0 Å². The van der Waals surface area contributed by atoms with Crippen molar-refractivity contribution in [3.05, 3.63) is 75.4 Å². The molecule has 176 valence electrons. The summed E-state index contributed by atoms with van der Waals surface area (Å²) in [6.07, 6.45) is 1.41. The van der Waals surface area contributed by atoms with Crippen molar-refractivity contribution in [2.24, 2.45) is 0 Å². The normalized spacial score (nSPS) is 15.7. The fourth-order valence-electron chi connectivity index (χ4n) is 3.42. The van der Waals surface area contributed by atoms with Gasteiger partial charge in [-0.1, -0.05) is 0 Å². The third kappa shape index (κ3) is 4.59. The molecule has 1 saturated heterocycles. The van der Waals surface area contributed by atoms with E-state index in [9.17, 15) is 24.5 Å². The summed E-state index contributed by atoms with van der Waals surface area (Å²) in [5, 5.41) is 12.9. The number of rotatable bonds is 6. The molecule has 0 atom stereocenters. The molecule has 35 heavy (non-hydrogen) atoms. The fourth-order valence-corrected chi connectivity index (χ4v) is 4.24. The number of non-ortho nitro benzene ring substituents is 1. The Bertz CT molecular complexity index is 1400. The lowest BCUT2D eigenvalue weighted by Crippen LogP contribution is -2.36. The van der Waals surface area contributed by atoms with E-state index >= 15 is 0 Å². The number of nitrogens with zero attached hydrogens (tertiary/aromatic N) is 2. The van der Waals surface area contributed by atoms with Crippen LogP contribution in [0.2, 0.25) is 0 Å². The molecule has 3 aromatic rings. The van der Waals surface area contributed by atoms with Gasteiger partial charge in [0.15, 0.2) is 11.5 Å². The molecule has 2 aliphatic heterocycles. The Kier molecular flexibility index (Phi) is 5.71. The Balaban J connectivity index is 1.25. The van der Waals surface area contributed by atoms with E-state index in [4.69, 9.17) is 13.9 Å². The van der Waals surface area contributed by atoms with Crippen molar-refractivity contribution in [2.45, 2.75) is 0 Å². The number of benzene rings is 2. The lowest BCUT2D eigenvalue weighted by molar-refractivity contribution is -0.384. The number of furan rings is 1. The first kappa shape index (κ1) is 22.2. The summed E-state index contributed by atoms with van der Waals surface area (Å²) in [6.45, 7) is -0.358. The molecule has 3 amide bonds. The predicted molar refractivity (Wildman–Crippen MR) is 125 cm³/mol. The highest BCUT2D eigenvalue weighted by molar-refractivity contribution is 8.18. The molecule has 0 radical (unpaired) electrons. The number of thioether (sulfide) groups is 1. The Hall–Kier alpha value is -4.58. The summed E-state index contributed by atoms with van der Waals surface area (Å²) >= 11 is 0.698. The van der Waals surface area contributed by atoms with Gasteiger partial charge in [-0.25, -0.2) is 0 Å². The first-order valence-corrected chi connectivity index (χ1v) is 11.0. The highest BCUT2D eigenvalue weighted by Gasteiger charge is 2.36. The average molecular weight is 493 g/mol. The zero-order valence-corrected chi connectivity index (χ0v) is 18.6. The van der Waals surface area contributed by atoms with Crippen LogP contribution in [0.1, 0.15) is 5.76 Å². The molecule has 0 unspecified atom stereocenters. The number of nitro groups is 1. The highest BCUT2D eigenvalue weighted by atomic mass is 32.2. The van der Waals surface area contributed by atoms with Crippen molar-refractivity contribution in [2.75, 3.05) is 18.7 Å². The van der Waals surface area contributed by atoms with Crippen LogP contribution in [0.5, 0.6) is 11.5 Å². The highest BCUT2D eigenvalue weighted by Crippen LogP contribution is 2.35. The van der Waals surface area contributed by atoms with E-state index in [1.165, 1.54) is 18.2 Å². The van der Waals surface area contributed by atoms with Gasteiger partial charge < -0.3 is 19.2 Å². The maximum atomic E-state index is 12.7. The number of nitro benzene ring substituents is 1. The van der Waals surface area contributed by atoms with Crippen LogP contribution >= 0.6 is 11.8 Å². The monoisotopic (exact) mass is 493 g/mol. The number of anilines is 1. The molecule has 0 bridgehead atoms. The molecule has 1 aromatic heterocycles. The number of carbonyl (C=O) groups excluding carboxylic acids is 3. The molecule has 3 heterocycles. The van der Waals surface area contributed by atoms with Crippen LogP contribution in [0.15, 0.2) is 63.9 Å². The summed E-state index contributed by atoms with van der Waals surface area (Å²) in [7, 11) is 0. The maximum absolute atomic E-state index is 12.7. The van der Waals surface area contributed by atoms with Crippen LogP contribution in [-0.2, 0) is 9.59 Å². The second kappa shape index (κ2) is 8.99. The SMILES string of the molecule is O=C(CN1C(=O)S/C(=C/c2ccc(-c3ccc([N+](=O)[O-])cc3)o2)C1=O)Nc1ccc2c(c1)OCO2. The number of nitrogens with one attached hydrogen (secondary N) is 1. The second-order valence-corrected chi connectivity index (χ2v) is 8.38. The maximum Gasteiger partial charge on any atom is 0.294 e. The van der Waals surface area contributed by atoms with E-state index in [1.807, 2.05) is 0 Å². The van der Waals surface area contributed by atoms with Gasteiger partial charge in [-0.3, -0.25) is 29.4 Å². The average Bonchev–Trinajstić information content (AvgIpc) is 3.56. The van der Waals surface area contributed by atoms with Crippen molar-refractivity contribution in [1.29, 1.82) is 0 Å². The van der Waals surface area contributed by atoms with Crippen LogP contribution in [0.3, 0.4) is 0 Å². The van der Waals surface area contributed by atoms with E-state index in [1.54, 1.807) is 42.5 Å². The number of imide groups is 1. The molecule has 0 spiro atoms. The van der Waals surface area contributed by atoms with Gasteiger partial charge >= 0.3 is 0 Å². The second-order valence-electron chi connectivity index (χ2n) is 7.39. The Morgan fingerprint density at radius 1 is 1.09 bits per heavy atom. The molecule has 11 nitrogen and oxygen atoms in total. The van der Waals surface area contributed by atoms with E-state index in [0.29, 0.717) is 46.0 Å². The topological polar surface area (TPSA) is 141 Å². The standard InChI is InChI=1S/C23H15N3O8S/c27-21(24-14-3-7-18-19(9-14)33-12-32-18)11-25-22(28)20(35-23(25)29)10-16-6-8-17(34-16)13-1-4-15(5-2-13)26(30)31/h1-10H,11-12H2,(H,24,27)/b20-10+. The lowest BCUT2D eigenvalue weighted by Gasteiger charge is -2.12. The summed E-state index contributed by atoms with van der Waals surface area (Å²) in [5.41, 5.74) is 1.01. The van der Waals surface area contributed by atoms with Gasteiger partial charge in [0.1, 0.15) is 18.1 Å². The summed E-state index contributed by atoms with van der Waals surface area (Å²) in [4.78, 5) is 48.8. The van der Waals surface area contributed by atoms with Crippen molar-refractivity contribution in [1.82, 2.24) is 4.90 Å². The first-order chi connectivity index (χ1) is 16.9. The minimum Gasteiger partial charge on any atom is -0.457 e. The van der Waals surface area contributed by atoms with Gasteiger partial charge in [0.05, 0.1) is 9.83 Å². The third-order valence-electron chi connectivity index (χ3n) is 5.09. The molecular weight excluding hydrogens is 478 g/mol. The number of amides is 3. The molecule has 12 heteroatoms. The van der Waals surface area contributed by atoms with E-state index < -0.39 is 28.5 Å². The molecule has 0 aliphatic carbocycles. The molecule has 1 fully saturated rings. The van der Waals surface area contributed by atoms with Crippen LogP contribution in [0.4, 0.5) is 16.2 Å². The number of carbonyl (C=O) groups is 3. The van der Waals surface area contributed by atoms with E-state index in [0.717, 1.165) is 4.90 Å². The smallest absolute Gasteiger partial charge is 0.294 e. The summed E-state index contributed by atoms with van der Waals surface area (Å²) in [5.74, 6) is 0.638. The number of fused-ring (bicyclic) bond motifs is 1.